The first-order chi connectivity index (χ1) is 16.1. The van der Waals surface area contributed by atoms with Gasteiger partial charge in [0.2, 0.25) is 0 Å². The van der Waals surface area contributed by atoms with Crippen molar-refractivity contribution in [2.75, 3.05) is 4.31 Å². The van der Waals surface area contributed by atoms with Gasteiger partial charge in [-0.3, -0.25) is 9.10 Å². The normalized spacial score (nSPS) is 13.9. The van der Waals surface area contributed by atoms with Crippen LogP contribution < -0.4 is 9.73 Å². The van der Waals surface area contributed by atoms with Gasteiger partial charge in [0.25, 0.3) is 15.9 Å². The molecule has 0 bridgehead atoms. The van der Waals surface area contributed by atoms with Gasteiger partial charge in [-0.05, 0) is 55.5 Å². The molecule has 1 saturated carbocycles. The maximum atomic E-state index is 13.7. The van der Waals surface area contributed by atoms with Crippen molar-refractivity contribution in [2.24, 2.45) is 5.10 Å². The SMILES string of the molecule is O=C(NN=C1CCCCC1)c1ccccc1N(Cc1ccccc1)S(=O)(=O)c1ccccc1. The van der Waals surface area contributed by atoms with E-state index < -0.39 is 15.9 Å². The van der Waals surface area contributed by atoms with Gasteiger partial charge in [0.1, 0.15) is 0 Å². The van der Waals surface area contributed by atoms with E-state index in [0.717, 1.165) is 37.0 Å². The number of hydrazone groups is 1. The second kappa shape index (κ2) is 10.4. The molecule has 7 heteroatoms. The fourth-order valence-corrected chi connectivity index (χ4v) is 5.41. The smallest absolute Gasteiger partial charge is 0.267 e. The highest BCUT2D eigenvalue weighted by Crippen LogP contribution is 2.29. The van der Waals surface area contributed by atoms with Gasteiger partial charge in [0.05, 0.1) is 22.7 Å². The summed E-state index contributed by atoms with van der Waals surface area (Å²) in [7, 11) is -3.93. The predicted octanol–water partition coefficient (Wildman–Crippen LogP) is 5.13. The lowest BCUT2D eigenvalue weighted by Crippen LogP contribution is -2.33. The van der Waals surface area contributed by atoms with E-state index in [1.165, 1.54) is 10.7 Å². The van der Waals surface area contributed by atoms with Crippen molar-refractivity contribution >= 4 is 27.3 Å². The molecule has 1 aliphatic carbocycles. The number of nitrogens with zero attached hydrogens (tertiary/aromatic N) is 2. The Morgan fingerprint density at radius 3 is 2.12 bits per heavy atom. The van der Waals surface area contributed by atoms with E-state index in [1.54, 1.807) is 54.6 Å². The van der Waals surface area contributed by atoms with Crippen LogP contribution in [0.3, 0.4) is 0 Å². The second-order valence-electron chi connectivity index (χ2n) is 8.01. The van der Waals surface area contributed by atoms with Crippen LogP contribution in [0.25, 0.3) is 0 Å². The number of carbonyl (C=O) groups excluding carboxylic acids is 1. The summed E-state index contributed by atoms with van der Waals surface area (Å²) < 4.78 is 28.7. The van der Waals surface area contributed by atoms with Gasteiger partial charge in [0, 0.05) is 5.71 Å². The molecule has 6 nitrogen and oxygen atoms in total. The monoisotopic (exact) mass is 461 g/mol. The predicted molar refractivity (Wildman–Crippen MR) is 131 cm³/mol. The van der Waals surface area contributed by atoms with Crippen molar-refractivity contribution in [3.05, 3.63) is 96.1 Å². The molecule has 0 heterocycles. The summed E-state index contributed by atoms with van der Waals surface area (Å²) in [5, 5.41) is 4.31. The Balaban J connectivity index is 1.72. The number of nitrogens with one attached hydrogen (secondary N) is 1. The van der Waals surface area contributed by atoms with Gasteiger partial charge in [0.15, 0.2) is 0 Å². The quantitative estimate of drug-likeness (QED) is 0.495. The zero-order valence-electron chi connectivity index (χ0n) is 18.4. The Labute approximate surface area is 195 Å². The topological polar surface area (TPSA) is 78.8 Å². The lowest BCUT2D eigenvalue weighted by Gasteiger charge is -2.26. The summed E-state index contributed by atoms with van der Waals surface area (Å²) in [4.78, 5) is 13.3. The molecule has 0 spiro atoms. The zero-order chi connectivity index (χ0) is 23.1. The third kappa shape index (κ3) is 5.49. The maximum Gasteiger partial charge on any atom is 0.273 e. The molecule has 170 valence electrons. The molecule has 1 amide bonds. The zero-order valence-corrected chi connectivity index (χ0v) is 19.2. The van der Waals surface area contributed by atoms with E-state index in [9.17, 15) is 13.2 Å². The minimum absolute atomic E-state index is 0.0941. The first-order valence-corrected chi connectivity index (χ1v) is 12.6. The Hall–Kier alpha value is -3.45. The average Bonchev–Trinajstić information content (AvgIpc) is 2.87. The molecule has 0 unspecified atom stereocenters. The fourth-order valence-electron chi connectivity index (χ4n) is 3.91. The van der Waals surface area contributed by atoms with Crippen LogP contribution in [-0.2, 0) is 16.6 Å². The van der Waals surface area contributed by atoms with Gasteiger partial charge < -0.3 is 0 Å². The van der Waals surface area contributed by atoms with Crippen LogP contribution in [0.15, 0.2) is 94.9 Å². The Kier molecular flexibility index (Phi) is 7.19. The second-order valence-corrected chi connectivity index (χ2v) is 9.87. The van der Waals surface area contributed by atoms with Gasteiger partial charge in [-0.25, -0.2) is 13.8 Å². The highest BCUT2D eigenvalue weighted by Gasteiger charge is 2.28. The summed E-state index contributed by atoms with van der Waals surface area (Å²) in [6.07, 6.45) is 5.09. The molecule has 1 N–H and O–H groups in total. The molecule has 1 fully saturated rings. The Morgan fingerprint density at radius 2 is 1.42 bits per heavy atom. The van der Waals surface area contributed by atoms with E-state index >= 15 is 0 Å². The number of hydrogen-bond donors (Lipinski definition) is 1. The molecule has 0 aliphatic heterocycles. The third-order valence-corrected chi connectivity index (χ3v) is 7.44. The molecule has 3 aromatic rings. The first-order valence-electron chi connectivity index (χ1n) is 11.1. The highest BCUT2D eigenvalue weighted by atomic mass is 32.2. The Bertz CT molecular complexity index is 1220. The number of rotatable bonds is 7. The number of hydrogen-bond acceptors (Lipinski definition) is 4. The van der Waals surface area contributed by atoms with Crippen LogP contribution >= 0.6 is 0 Å². The number of para-hydroxylation sites is 1. The third-order valence-electron chi connectivity index (χ3n) is 5.66. The molecule has 33 heavy (non-hydrogen) atoms. The molecule has 0 atom stereocenters. The highest BCUT2D eigenvalue weighted by molar-refractivity contribution is 7.92. The van der Waals surface area contributed by atoms with Gasteiger partial charge in [-0.1, -0.05) is 67.1 Å². The van der Waals surface area contributed by atoms with Crippen molar-refractivity contribution < 1.29 is 13.2 Å². The molecule has 0 radical (unpaired) electrons. The first kappa shape index (κ1) is 22.7. The number of anilines is 1. The number of benzene rings is 3. The van der Waals surface area contributed by atoms with Crippen LogP contribution in [-0.4, -0.2) is 20.0 Å². The Morgan fingerprint density at radius 1 is 0.818 bits per heavy atom. The molecular weight excluding hydrogens is 434 g/mol. The molecule has 0 saturated heterocycles. The summed E-state index contributed by atoms with van der Waals surface area (Å²) in [6.45, 7) is 0.0941. The average molecular weight is 462 g/mol. The number of carbonyl (C=O) groups is 1. The van der Waals surface area contributed by atoms with Crippen molar-refractivity contribution in [1.29, 1.82) is 0 Å². The van der Waals surface area contributed by atoms with E-state index in [2.05, 4.69) is 10.5 Å². The van der Waals surface area contributed by atoms with E-state index in [0.29, 0.717) is 5.69 Å². The van der Waals surface area contributed by atoms with Crippen molar-refractivity contribution in [1.82, 2.24) is 5.43 Å². The molecule has 4 rings (SSSR count). The number of amides is 1. The van der Waals surface area contributed by atoms with Gasteiger partial charge in [-0.2, -0.15) is 5.10 Å². The van der Waals surface area contributed by atoms with Crippen molar-refractivity contribution in [3.8, 4) is 0 Å². The lowest BCUT2D eigenvalue weighted by molar-refractivity contribution is 0.0955. The summed E-state index contributed by atoms with van der Waals surface area (Å²) in [5.74, 6) is -0.426. The lowest BCUT2D eigenvalue weighted by atomic mass is 9.99. The van der Waals surface area contributed by atoms with Crippen LogP contribution in [0.2, 0.25) is 0 Å². The van der Waals surface area contributed by atoms with E-state index in [4.69, 9.17) is 0 Å². The van der Waals surface area contributed by atoms with Crippen LogP contribution in [0, 0.1) is 0 Å². The van der Waals surface area contributed by atoms with E-state index in [1.807, 2.05) is 30.3 Å². The van der Waals surface area contributed by atoms with Crippen LogP contribution in [0.1, 0.15) is 48.0 Å². The van der Waals surface area contributed by atoms with Gasteiger partial charge >= 0.3 is 0 Å². The largest absolute Gasteiger partial charge is 0.273 e. The maximum absolute atomic E-state index is 13.7. The van der Waals surface area contributed by atoms with Crippen molar-refractivity contribution in [2.45, 2.75) is 43.5 Å². The van der Waals surface area contributed by atoms with Crippen molar-refractivity contribution in [3.63, 3.8) is 0 Å². The molecule has 1 aliphatic rings. The molecule has 3 aromatic carbocycles. The van der Waals surface area contributed by atoms with E-state index in [-0.39, 0.29) is 17.0 Å². The van der Waals surface area contributed by atoms with Crippen LogP contribution in [0.5, 0.6) is 0 Å². The summed E-state index contributed by atoms with van der Waals surface area (Å²) in [6, 6.07) is 24.3. The van der Waals surface area contributed by atoms with Gasteiger partial charge in [-0.15, -0.1) is 0 Å². The number of sulfonamides is 1. The minimum atomic E-state index is -3.93. The standard InChI is InChI=1S/C26H27N3O3S/c30-26(28-27-22-14-6-2-7-15-22)24-18-10-11-19-25(24)29(20-21-12-4-1-5-13-21)33(31,32)23-16-8-3-9-17-23/h1,3-5,8-13,16-19H,2,6-7,14-15,20H2,(H,28,30). The fraction of sp³-hybridized carbons (Fsp3) is 0.231. The molecule has 0 aromatic heterocycles. The summed E-state index contributed by atoms with van der Waals surface area (Å²) in [5.41, 5.74) is 5.01. The van der Waals surface area contributed by atoms with Crippen LogP contribution in [0.4, 0.5) is 5.69 Å². The molecular formula is C26H27N3O3S. The minimum Gasteiger partial charge on any atom is -0.267 e. The summed E-state index contributed by atoms with van der Waals surface area (Å²) >= 11 is 0.